The molecule has 0 saturated heterocycles. The average Bonchev–Trinajstić information content (AvgIpc) is 3.01. The second kappa shape index (κ2) is 7.03. The van der Waals surface area contributed by atoms with Crippen molar-refractivity contribution in [2.45, 2.75) is 51.7 Å². The first-order chi connectivity index (χ1) is 11.6. The largest absolute Gasteiger partial charge is 0.448 e. The first-order valence-electron chi connectivity index (χ1n) is 8.50. The van der Waals surface area contributed by atoms with E-state index in [1.165, 1.54) is 6.42 Å². The maximum absolute atomic E-state index is 12.3. The highest BCUT2D eigenvalue weighted by molar-refractivity contribution is 6.02. The molecule has 128 valence electrons. The summed E-state index contributed by atoms with van der Waals surface area (Å²) in [6.07, 6.45) is 3.60. The maximum Gasteiger partial charge on any atom is 0.360 e. The fourth-order valence-electron chi connectivity index (χ4n) is 3.22. The molecule has 0 aliphatic heterocycles. The number of fused-ring (bicyclic) bond motifs is 1. The number of esters is 1. The lowest BCUT2D eigenvalue weighted by Crippen LogP contribution is -2.46. The van der Waals surface area contributed by atoms with Crippen molar-refractivity contribution >= 4 is 22.8 Å². The van der Waals surface area contributed by atoms with E-state index >= 15 is 0 Å². The number of para-hydroxylation sites is 1. The lowest BCUT2D eigenvalue weighted by Gasteiger charge is -2.30. The van der Waals surface area contributed by atoms with Crippen LogP contribution in [0.5, 0.6) is 0 Å². The van der Waals surface area contributed by atoms with Gasteiger partial charge in [-0.3, -0.25) is 9.89 Å². The Morgan fingerprint density at radius 1 is 1.29 bits per heavy atom. The molecule has 1 aliphatic carbocycles. The third-order valence-electron chi connectivity index (χ3n) is 4.76. The molecule has 1 saturated carbocycles. The number of amides is 1. The van der Waals surface area contributed by atoms with E-state index in [-0.39, 0.29) is 17.6 Å². The number of ether oxygens (including phenoxy) is 1. The van der Waals surface area contributed by atoms with Crippen LogP contribution in [0.2, 0.25) is 0 Å². The molecule has 24 heavy (non-hydrogen) atoms. The van der Waals surface area contributed by atoms with Crippen molar-refractivity contribution in [2.24, 2.45) is 5.92 Å². The van der Waals surface area contributed by atoms with Gasteiger partial charge in [-0.05, 0) is 31.7 Å². The molecular weight excluding hydrogens is 306 g/mol. The second-order valence-electron chi connectivity index (χ2n) is 6.54. The predicted molar refractivity (Wildman–Crippen MR) is 90.5 cm³/mol. The van der Waals surface area contributed by atoms with Crippen LogP contribution in [0.15, 0.2) is 24.3 Å². The number of nitrogens with zero attached hydrogens (tertiary/aromatic N) is 1. The fraction of sp³-hybridized carbons (Fsp3) is 0.500. The van der Waals surface area contributed by atoms with E-state index in [0.717, 1.165) is 24.8 Å². The third kappa shape index (κ3) is 3.42. The van der Waals surface area contributed by atoms with Gasteiger partial charge in [-0.2, -0.15) is 5.10 Å². The van der Waals surface area contributed by atoms with Gasteiger partial charge in [0.1, 0.15) is 0 Å². The lowest BCUT2D eigenvalue weighted by molar-refractivity contribution is -0.130. The Hall–Kier alpha value is -2.37. The predicted octanol–water partition coefficient (Wildman–Crippen LogP) is 2.80. The zero-order chi connectivity index (χ0) is 17.1. The molecule has 1 amide bonds. The number of rotatable bonds is 4. The highest BCUT2D eigenvalue weighted by atomic mass is 16.5. The van der Waals surface area contributed by atoms with Crippen LogP contribution in [-0.4, -0.2) is 34.2 Å². The molecule has 0 bridgehead atoms. The van der Waals surface area contributed by atoms with Crippen molar-refractivity contribution in [3.05, 3.63) is 30.0 Å². The summed E-state index contributed by atoms with van der Waals surface area (Å²) in [5, 5.41) is 10.5. The van der Waals surface area contributed by atoms with Gasteiger partial charge in [0.2, 0.25) is 0 Å². The van der Waals surface area contributed by atoms with Crippen molar-refractivity contribution in [3.63, 3.8) is 0 Å². The van der Waals surface area contributed by atoms with E-state index in [0.29, 0.717) is 11.3 Å². The second-order valence-corrected chi connectivity index (χ2v) is 6.54. The van der Waals surface area contributed by atoms with Gasteiger partial charge in [-0.15, -0.1) is 0 Å². The molecule has 1 heterocycles. The van der Waals surface area contributed by atoms with Gasteiger partial charge in [-0.25, -0.2) is 4.79 Å². The SMILES string of the molecule is C[C@H](OC(=O)c1n[nH]c2ccccc12)C(=O)N[C@@H]1CCCC[C@@H]1C. The molecule has 0 spiro atoms. The smallest absolute Gasteiger partial charge is 0.360 e. The first kappa shape index (κ1) is 16.5. The zero-order valence-electron chi connectivity index (χ0n) is 14.0. The lowest BCUT2D eigenvalue weighted by atomic mass is 9.86. The Bertz CT molecular complexity index is 740. The van der Waals surface area contributed by atoms with E-state index in [1.807, 2.05) is 18.2 Å². The van der Waals surface area contributed by atoms with E-state index in [4.69, 9.17) is 4.74 Å². The first-order valence-corrected chi connectivity index (χ1v) is 8.50. The highest BCUT2D eigenvalue weighted by Crippen LogP contribution is 2.24. The van der Waals surface area contributed by atoms with Gasteiger partial charge in [0.15, 0.2) is 11.8 Å². The number of hydrogen-bond acceptors (Lipinski definition) is 4. The number of carbonyl (C=O) groups excluding carboxylic acids is 2. The molecule has 2 aromatic rings. The van der Waals surface area contributed by atoms with Crippen molar-refractivity contribution in [1.82, 2.24) is 15.5 Å². The summed E-state index contributed by atoms with van der Waals surface area (Å²) in [5.41, 5.74) is 0.967. The zero-order valence-corrected chi connectivity index (χ0v) is 14.0. The molecule has 2 N–H and O–H groups in total. The maximum atomic E-state index is 12.3. The summed E-state index contributed by atoms with van der Waals surface area (Å²) in [6.45, 7) is 3.74. The van der Waals surface area contributed by atoms with Crippen LogP contribution in [0.3, 0.4) is 0 Å². The monoisotopic (exact) mass is 329 g/mol. The molecule has 3 atom stereocenters. The van der Waals surface area contributed by atoms with Gasteiger partial charge < -0.3 is 10.1 Å². The number of nitrogens with one attached hydrogen (secondary N) is 2. The third-order valence-corrected chi connectivity index (χ3v) is 4.76. The Morgan fingerprint density at radius 2 is 2.04 bits per heavy atom. The van der Waals surface area contributed by atoms with Gasteiger partial charge in [0.05, 0.1) is 5.52 Å². The summed E-state index contributed by atoms with van der Waals surface area (Å²) >= 11 is 0. The van der Waals surface area contributed by atoms with E-state index in [2.05, 4.69) is 22.4 Å². The molecule has 6 heteroatoms. The van der Waals surface area contributed by atoms with Gasteiger partial charge in [0, 0.05) is 11.4 Å². The van der Waals surface area contributed by atoms with Crippen LogP contribution >= 0.6 is 0 Å². The molecule has 1 aromatic carbocycles. The number of carbonyl (C=O) groups is 2. The highest BCUT2D eigenvalue weighted by Gasteiger charge is 2.27. The van der Waals surface area contributed by atoms with Crippen molar-refractivity contribution in [3.8, 4) is 0 Å². The Morgan fingerprint density at radius 3 is 2.83 bits per heavy atom. The van der Waals surface area contributed by atoms with Gasteiger partial charge in [-0.1, -0.05) is 38.0 Å². The normalized spacial score (nSPS) is 22.1. The van der Waals surface area contributed by atoms with Crippen LogP contribution < -0.4 is 5.32 Å². The minimum atomic E-state index is -0.845. The molecule has 3 rings (SSSR count). The summed E-state index contributed by atoms with van der Waals surface area (Å²) < 4.78 is 5.31. The summed E-state index contributed by atoms with van der Waals surface area (Å²) in [5.74, 6) is -0.380. The van der Waals surface area contributed by atoms with E-state index in [9.17, 15) is 9.59 Å². The molecule has 0 radical (unpaired) electrons. The molecule has 6 nitrogen and oxygen atoms in total. The van der Waals surface area contributed by atoms with Gasteiger partial charge in [0.25, 0.3) is 5.91 Å². The number of benzene rings is 1. The Kier molecular flexibility index (Phi) is 4.83. The Labute approximate surface area is 141 Å². The molecule has 1 aromatic heterocycles. The standard InChI is InChI=1S/C18H23N3O3/c1-11-7-3-5-9-14(11)19-17(22)12(2)24-18(23)16-13-8-4-6-10-15(13)20-21-16/h4,6,8,10-12,14H,3,5,7,9H2,1-2H3,(H,19,22)(H,20,21)/t11-,12-,14+/m0/s1. The van der Waals surface area contributed by atoms with E-state index < -0.39 is 12.1 Å². The van der Waals surface area contributed by atoms with Crippen molar-refractivity contribution in [2.75, 3.05) is 0 Å². The van der Waals surface area contributed by atoms with Crippen molar-refractivity contribution in [1.29, 1.82) is 0 Å². The van der Waals surface area contributed by atoms with Crippen LogP contribution in [0, 0.1) is 5.92 Å². The summed E-state index contributed by atoms with van der Waals surface area (Å²) in [7, 11) is 0. The summed E-state index contributed by atoms with van der Waals surface area (Å²) in [4.78, 5) is 24.6. The molecule has 1 aliphatic rings. The van der Waals surface area contributed by atoms with Crippen LogP contribution in [0.25, 0.3) is 10.9 Å². The summed E-state index contributed by atoms with van der Waals surface area (Å²) in [6, 6.07) is 7.48. The topological polar surface area (TPSA) is 84.1 Å². The quantitative estimate of drug-likeness (QED) is 0.845. The van der Waals surface area contributed by atoms with Crippen molar-refractivity contribution < 1.29 is 14.3 Å². The minimum absolute atomic E-state index is 0.165. The number of aromatic amines is 1. The molecular formula is C18H23N3O3. The van der Waals surface area contributed by atoms with E-state index in [1.54, 1.807) is 13.0 Å². The number of aromatic nitrogens is 2. The number of H-pyrrole nitrogens is 1. The Balaban J connectivity index is 1.62. The van der Waals surface area contributed by atoms with Gasteiger partial charge >= 0.3 is 5.97 Å². The fourth-order valence-corrected chi connectivity index (χ4v) is 3.22. The molecule has 1 fully saturated rings. The van der Waals surface area contributed by atoms with Crippen LogP contribution in [-0.2, 0) is 9.53 Å². The average molecular weight is 329 g/mol. The number of hydrogen-bond donors (Lipinski definition) is 2. The molecule has 0 unspecified atom stereocenters. The van der Waals surface area contributed by atoms with Crippen LogP contribution in [0.1, 0.15) is 50.0 Å². The van der Waals surface area contributed by atoms with Crippen LogP contribution in [0.4, 0.5) is 0 Å². The minimum Gasteiger partial charge on any atom is -0.448 e.